The van der Waals surface area contributed by atoms with Crippen LogP contribution in [0.4, 0.5) is 5.69 Å². The van der Waals surface area contributed by atoms with Gasteiger partial charge < -0.3 is 24.4 Å². The number of nitrogens with one attached hydrogen (secondary N) is 1. The Bertz CT molecular complexity index is 839. The fourth-order valence-corrected chi connectivity index (χ4v) is 4.38. The molecule has 7 nitrogen and oxygen atoms in total. The number of ether oxygens (including phenoxy) is 3. The van der Waals surface area contributed by atoms with E-state index in [4.69, 9.17) is 25.8 Å². The van der Waals surface area contributed by atoms with Crippen LogP contribution in [0.25, 0.3) is 10.9 Å². The van der Waals surface area contributed by atoms with Crippen LogP contribution in [0.1, 0.15) is 12.0 Å². The summed E-state index contributed by atoms with van der Waals surface area (Å²) in [5.41, 5.74) is 3.08. The molecule has 0 aliphatic carbocycles. The van der Waals surface area contributed by atoms with Crippen molar-refractivity contribution in [3.8, 4) is 5.75 Å². The maximum absolute atomic E-state index is 6.67. The van der Waals surface area contributed by atoms with E-state index in [1.54, 1.807) is 7.11 Å². The number of pyridine rings is 1. The summed E-state index contributed by atoms with van der Waals surface area (Å²) in [6, 6.07) is 5.97. The van der Waals surface area contributed by atoms with Gasteiger partial charge in [-0.15, -0.1) is 0 Å². The first-order valence-electron chi connectivity index (χ1n) is 10.8. The summed E-state index contributed by atoms with van der Waals surface area (Å²) in [6.07, 6.45) is 1.10. The number of halogens is 1. The molecule has 0 bridgehead atoms. The SMILES string of the molecule is COc1ccc2nc(Cl)c(CNCCCN3CCOCC3)c(N3CCOCC3)c2c1. The Morgan fingerprint density at radius 2 is 1.83 bits per heavy atom. The number of aromatic nitrogens is 1. The maximum atomic E-state index is 6.67. The van der Waals surface area contributed by atoms with Crippen LogP contribution >= 0.6 is 11.6 Å². The predicted molar refractivity (Wildman–Crippen MR) is 120 cm³/mol. The summed E-state index contributed by atoms with van der Waals surface area (Å²) in [5, 5.41) is 5.22. The highest BCUT2D eigenvalue weighted by Gasteiger charge is 2.21. The lowest BCUT2D eigenvalue weighted by atomic mass is 10.1. The highest BCUT2D eigenvalue weighted by molar-refractivity contribution is 6.31. The molecule has 2 saturated heterocycles. The Morgan fingerprint density at radius 1 is 1.10 bits per heavy atom. The molecule has 2 aromatic rings. The predicted octanol–water partition coefficient (Wildman–Crippen LogP) is 2.55. The minimum absolute atomic E-state index is 0.565. The van der Waals surface area contributed by atoms with E-state index in [2.05, 4.69) is 26.2 Å². The van der Waals surface area contributed by atoms with Crippen molar-refractivity contribution in [2.45, 2.75) is 13.0 Å². The van der Waals surface area contributed by atoms with Crippen molar-refractivity contribution < 1.29 is 14.2 Å². The first-order chi connectivity index (χ1) is 14.8. The smallest absolute Gasteiger partial charge is 0.136 e. The molecule has 0 unspecified atom stereocenters. The summed E-state index contributed by atoms with van der Waals surface area (Å²) >= 11 is 6.67. The summed E-state index contributed by atoms with van der Waals surface area (Å²) in [5.74, 6) is 0.825. The number of morpholine rings is 2. The van der Waals surface area contributed by atoms with Gasteiger partial charge in [-0.25, -0.2) is 4.98 Å². The van der Waals surface area contributed by atoms with Crippen molar-refractivity contribution in [1.29, 1.82) is 0 Å². The highest BCUT2D eigenvalue weighted by atomic mass is 35.5. The van der Waals surface area contributed by atoms with Crippen LogP contribution in [0.15, 0.2) is 18.2 Å². The third kappa shape index (κ3) is 5.15. The number of fused-ring (bicyclic) bond motifs is 1. The van der Waals surface area contributed by atoms with Gasteiger partial charge in [0.05, 0.1) is 44.7 Å². The van der Waals surface area contributed by atoms with Crippen LogP contribution in [0.5, 0.6) is 5.75 Å². The summed E-state index contributed by atoms with van der Waals surface area (Å²) in [6.45, 7) is 9.60. The molecule has 2 fully saturated rings. The Balaban J connectivity index is 1.50. The van der Waals surface area contributed by atoms with Crippen LogP contribution in [0.3, 0.4) is 0 Å². The van der Waals surface area contributed by atoms with Crippen LogP contribution < -0.4 is 15.0 Å². The van der Waals surface area contributed by atoms with E-state index in [9.17, 15) is 0 Å². The second-order valence-corrected chi connectivity index (χ2v) is 8.05. The zero-order valence-electron chi connectivity index (χ0n) is 17.7. The molecule has 0 radical (unpaired) electrons. The van der Waals surface area contributed by atoms with Crippen LogP contribution in [-0.2, 0) is 16.0 Å². The van der Waals surface area contributed by atoms with Gasteiger partial charge in [0, 0.05) is 43.7 Å². The molecule has 4 rings (SSSR count). The number of benzene rings is 1. The molecule has 8 heteroatoms. The van der Waals surface area contributed by atoms with E-state index in [-0.39, 0.29) is 0 Å². The Labute approximate surface area is 183 Å². The van der Waals surface area contributed by atoms with Crippen molar-refractivity contribution in [1.82, 2.24) is 15.2 Å². The van der Waals surface area contributed by atoms with Crippen LogP contribution in [-0.4, -0.2) is 82.7 Å². The molecule has 164 valence electrons. The minimum atomic E-state index is 0.565. The normalized spacial score (nSPS) is 18.1. The van der Waals surface area contributed by atoms with Crippen LogP contribution in [0.2, 0.25) is 5.15 Å². The number of nitrogens with zero attached hydrogens (tertiary/aromatic N) is 3. The monoisotopic (exact) mass is 434 g/mol. The quantitative estimate of drug-likeness (QED) is 0.506. The molecule has 0 atom stereocenters. The topological polar surface area (TPSA) is 59.1 Å². The Kier molecular flexibility index (Phi) is 7.62. The number of rotatable bonds is 8. The molecule has 1 aromatic carbocycles. The lowest BCUT2D eigenvalue weighted by Crippen LogP contribution is -2.38. The molecule has 0 spiro atoms. The number of hydrogen-bond donors (Lipinski definition) is 1. The molecule has 2 aliphatic rings. The van der Waals surface area contributed by atoms with Gasteiger partial charge in [0.25, 0.3) is 0 Å². The van der Waals surface area contributed by atoms with Crippen molar-refractivity contribution in [3.63, 3.8) is 0 Å². The average Bonchev–Trinajstić information content (AvgIpc) is 2.80. The van der Waals surface area contributed by atoms with Gasteiger partial charge in [-0.2, -0.15) is 0 Å². The largest absolute Gasteiger partial charge is 0.497 e. The van der Waals surface area contributed by atoms with E-state index in [1.165, 1.54) is 0 Å². The summed E-state index contributed by atoms with van der Waals surface area (Å²) in [7, 11) is 1.69. The molecular weight excluding hydrogens is 404 g/mol. The van der Waals surface area contributed by atoms with Crippen molar-refractivity contribution in [3.05, 3.63) is 28.9 Å². The van der Waals surface area contributed by atoms with Crippen molar-refractivity contribution in [2.24, 2.45) is 0 Å². The lowest BCUT2D eigenvalue weighted by Gasteiger charge is -2.32. The number of hydrogen-bond acceptors (Lipinski definition) is 7. The van der Waals surface area contributed by atoms with Gasteiger partial charge in [0.2, 0.25) is 0 Å². The molecule has 2 aliphatic heterocycles. The molecule has 3 heterocycles. The van der Waals surface area contributed by atoms with E-state index in [1.807, 2.05) is 12.1 Å². The Morgan fingerprint density at radius 3 is 2.57 bits per heavy atom. The second-order valence-electron chi connectivity index (χ2n) is 7.70. The molecule has 30 heavy (non-hydrogen) atoms. The maximum Gasteiger partial charge on any atom is 0.136 e. The molecule has 1 N–H and O–H groups in total. The van der Waals surface area contributed by atoms with E-state index in [0.717, 1.165) is 100 Å². The highest BCUT2D eigenvalue weighted by Crippen LogP contribution is 2.36. The third-order valence-electron chi connectivity index (χ3n) is 5.77. The van der Waals surface area contributed by atoms with E-state index < -0.39 is 0 Å². The molecule has 1 aromatic heterocycles. The van der Waals surface area contributed by atoms with Gasteiger partial charge in [-0.1, -0.05) is 11.6 Å². The zero-order chi connectivity index (χ0) is 20.8. The van der Waals surface area contributed by atoms with Crippen molar-refractivity contribution >= 4 is 28.2 Å². The van der Waals surface area contributed by atoms with E-state index in [0.29, 0.717) is 11.7 Å². The Hall–Kier alpha value is -1.64. The van der Waals surface area contributed by atoms with Crippen molar-refractivity contribution in [2.75, 3.05) is 77.7 Å². The van der Waals surface area contributed by atoms with Gasteiger partial charge in [0.1, 0.15) is 10.9 Å². The van der Waals surface area contributed by atoms with Gasteiger partial charge in [-0.05, 0) is 37.7 Å². The van der Waals surface area contributed by atoms with Crippen LogP contribution in [0, 0.1) is 0 Å². The van der Waals surface area contributed by atoms with Gasteiger partial charge >= 0.3 is 0 Å². The number of anilines is 1. The molecular formula is C22H31ClN4O3. The third-order valence-corrected chi connectivity index (χ3v) is 6.09. The molecule has 0 amide bonds. The van der Waals surface area contributed by atoms with Gasteiger partial charge in [-0.3, -0.25) is 4.90 Å². The standard InChI is InChI=1S/C22H31ClN4O3/c1-28-17-3-4-20-18(15-17)21(27-9-13-30-14-10-27)19(22(23)25-20)16-24-5-2-6-26-7-11-29-12-8-26/h3-4,15,24H,2,5-14,16H2,1H3. The first kappa shape index (κ1) is 21.6. The average molecular weight is 435 g/mol. The fourth-order valence-electron chi connectivity index (χ4n) is 4.13. The fraction of sp³-hybridized carbons (Fsp3) is 0.591. The zero-order valence-corrected chi connectivity index (χ0v) is 18.4. The minimum Gasteiger partial charge on any atom is -0.497 e. The lowest BCUT2D eigenvalue weighted by molar-refractivity contribution is 0.0374. The molecule has 0 saturated carbocycles. The summed E-state index contributed by atoms with van der Waals surface area (Å²) in [4.78, 5) is 9.49. The first-order valence-corrected chi connectivity index (χ1v) is 11.1. The van der Waals surface area contributed by atoms with E-state index >= 15 is 0 Å². The number of methoxy groups -OCH3 is 1. The van der Waals surface area contributed by atoms with Gasteiger partial charge in [0.15, 0.2) is 0 Å². The second kappa shape index (κ2) is 10.6. The summed E-state index contributed by atoms with van der Waals surface area (Å²) < 4.78 is 16.5.